The minimum atomic E-state index is -2.97. The molecule has 0 bridgehead atoms. The first-order valence-electron chi connectivity index (χ1n) is 4.47. The highest BCUT2D eigenvalue weighted by molar-refractivity contribution is 5.20. The average molecular weight is 200 g/mol. The molecule has 0 aliphatic rings. The van der Waals surface area contributed by atoms with E-state index in [1.807, 2.05) is 0 Å². The maximum Gasteiger partial charge on any atom is 0.275 e. The third-order valence-electron chi connectivity index (χ3n) is 1.85. The number of alkyl halides is 2. The predicted molar refractivity (Wildman–Crippen MR) is 51.3 cm³/mol. The largest absolute Gasteiger partial charge is 0.390 e. The number of aliphatic hydroxyl groups is 1. The maximum absolute atomic E-state index is 13.5. The van der Waals surface area contributed by atoms with Gasteiger partial charge in [-0.05, 0) is 13.8 Å². The third-order valence-corrected chi connectivity index (χ3v) is 1.85. The summed E-state index contributed by atoms with van der Waals surface area (Å²) >= 11 is 0. The Morgan fingerprint density at radius 2 is 1.64 bits per heavy atom. The second-order valence-corrected chi connectivity index (χ2v) is 4.06. The Balaban J connectivity index is 2.86. The van der Waals surface area contributed by atoms with E-state index >= 15 is 0 Å². The van der Waals surface area contributed by atoms with Crippen molar-refractivity contribution in [1.82, 2.24) is 0 Å². The van der Waals surface area contributed by atoms with E-state index in [9.17, 15) is 13.9 Å². The Bertz CT molecular complexity index is 288. The fourth-order valence-electron chi connectivity index (χ4n) is 1.33. The van der Waals surface area contributed by atoms with E-state index in [1.165, 1.54) is 26.0 Å². The average Bonchev–Trinajstić information content (AvgIpc) is 2.01. The summed E-state index contributed by atoms with van der Waals surface area (Å²) < 4.78 is 27.0. The summed E-state index contributed by atoms with van der Waals surface area (Å²) in [4.78, 5) is 0. The van der Waals surface area contributed by atoms with Crippen LogP contribution in [0, 0.1) is 0 Å². The molecule has 0 fully saturated rings. The highest BCUT2D eigenvalue weighted by Crippen LogP contribution is 2.35. The van der Waals surface area contributed by atoms with Crippen LogP contribution in [0.25, 0.3) is 0 Å². The van der Waals surface area contributed by atoms with E-state index in [2.05, 4.69) is 0 Å². The summed E-state index contributed by atoms with van der Waals surface area (Å²) in [6.45, 7) is 2.76. The van der Waals surface area contributed by atoms with Crippen molar-refractivity contribution in [2.45, 2.75) is 31.8 Å². The zero-order valence-electron chi connectivity index (χ0n) is 8.30. The number of hydrogen-bond donors (Lipinski definition) is 1. The topological polar surface area (TPSA) is 20.2 Å². The van der Waals surface area contributed by atoms with Gasteiger partial charge < -0.3 is 5.11 Å². The monoisotopic (exact) mass is 200 g/mol. The molecule has 0 aromatic heterocycles. The van der Waals surface area contributed by atoms with Crippen LogP contribution in [0.15, 0.2) is 30.3 Å². The molecule has 1 aromatic carbocycles. The Morgan fingerprint density at radius 1 is 1.14 bits per heavy atom. The van der Waals surface area contributed by atoms with Gasteiger partial charge >= 0.3 is 0 Å². The fraction of sp³-hybridized carbons (Fsp3) is 0.455. The van der Waals surface area contributed by atoms with Crippen molar-refractivity contribution in [1.29, 1.82) is 0 Å². The minimum Gasteiger partial charge on any atom is -0.390 e. The van der Waals surface area contributed by atoms with Gasteiger partial charge in [-0.2, -0.15) is 0 Å². The Hall–Kier alpha value is -0.960. The van der Waals surface area contributed by atoms with Gasteiger partial charge in [-0.3, -0.25) is 0 Å². The normalized spacial score (nSPS) is 12.9. The number of benzene rings is 1. The van der Waals surface area contributed by atoms with E-state index in [1.54, 1.807) is 18.2 Å². The van der Waals surface area contributed by atoms with Gasteiger partial charge in [0, 0.05) is 12.0 Å². The lowest BCUT2D eigenvalue weighted by Gasteiger charge is -2.24. The molecule has 1 rings (SSSR count). The molecule has 0 radical (unpaired) electrons. The smallest absolute Gasteiger partial charge is 0.275 e. The van der Waals surface area contributed by atoms with Crippen LogP contribution < -0.4 is 0 Å². The van der Waals surface area contributed by atoms with E-state index in [4.69, 9.17) is 0 Å². The first-order valence-corrected chi connectivity index (χ1v) is 4.47. The molecule has 0 saturated carbocycles. The first-order chi connectivity index (χ1) is 6.31. The summed E-state index contributed by atoms with van der Waals surface area (Å²) in [6.07, 6.45) is -0.565. The van der Waals surface area contributed by atoms with Gasteiger partial charge in [0.2, 0.25) is 0 Å². The zero-order chi connectivity index (χ0) is 10.8. The van der Waals surface area contributed by atoms with Gasteiger partial charge in [0.05, 0.1) is 5.60 Å². The Kier molecular flexibility index (Phi) is 2.90. The summed E-state index contributed by atoms with van der Waals surface area (Å²) in [7, 11) is 0. The van der Waals surface area contributed by atoms with E-state index in [-0.39, 0.29) is 5.56 Å². The van der Waals surface area contributed by atoms with Gasteiger partial charge in [-0.25, -0.2) is 8.78 Å². The summed E-state index contributed by atoms with van der Waals surface area (Å²) in [5.74, 6) is -2.97. The molecule has 0 heterocycles. The molecule has 0 aliphatic heterocycles. The van der Waals surface area contributed by atoms with Gasteiger partial charge in [-0.1, -0.05) is 30.3 Å². The third kappa shape index (κ3) is 3.07. The summed E-state index contributed by atoms with van der Waals surface area (Å²) in [5.41, 5.74) is -1.42. The van der Waals surface area contributed by atoms with Crippen LogP contribution in [0.2, 0.25) is 0 Å². The van der Waals surface area contributed by atoms with Crippen molar-refractivity contribution >= 4 is 0 Å². The van der Waals surface area contributed by atoms with Crippen LogP contribution in [0.1, 0.15) is 25.8 Å². The number of halogens is 2. The lowest BCUT2D eigenvalue weighted by Crippen LogP contribution is -2.29. The summed E-state index contributed by atoms with van der Waals surface area (Å²) in [5, 5.41) is 9.33. The molecule has 0 aliphatic carbocycles. The minimum absolute atomic E-state index is 0.0536. The van der Waals surface area contributed by atoms with Crippen LogP contribution in [-0.4, -0.2) is 10.7 Å². The number of hydrogen-bond acceptors (Lipinski definition) is 1. The fourth-order valence-corrected chi connectivity index (χ4v) is 1.33. The molecular formula is C11H14F2O. The molecule has 78 valence electrons. The second-order valence-electron chi connectivity index (χ2n) is 4.06. The molecule has 0 spiro atoms. The van der Waals surface area contributed by atoms with Crippen molar-refractivity contribution in [3.05, 3.63) is 35.9 Å². The molecule has 0 unspecified atom stereocenters. The van der Waals surface area contributed by atoms with Crippen LogP contribution in [-0.2, 0) is 5.92 Å². The number of rotatable bonds is 3. The molecule has 0 atom stereocenters. The van der Waals surface area contributed by atoms with Crippen molar-refractivity contribution < 1.29 is 13.9 Å². The SMILES string of the molecule is CC(C)(O)CC(F)(F)c1ccccc1. The van der Waals surface area contributed by atoms with Crippen molar-refractivity contribution in [3.63, 3.8) is 0 Å². The molecule has 14 heavy (non-hydrogen) atoms. The van der Waals surface area contributed by atoms with Gasteiger partial charge in [0.25, 0.3) is 5.92 Å². The summed E-state index contributed by atoms with van der Waals surface area (Å²) in [6, 6.07) is 7.54. The molecule has 0 saturated heterocycles. The molecule has 3 heteroatoms. The van der Waals surface area contributed by atoms with Gasteiger partial charge in [0.15, 0.2) is 0 Å². The molecule has 1 nitrogen and oxygen atoms in total. The van der Waals surface area contributed by atoms with Crippen LogP contribution >= 0.6 is 0 Å². The van der Waals surface area contributed by atoms with Crippen LogP contribution in [0.3, 0.4) is 0 Å². The highest BCUT2D eigenvalue weighted by atomic mass is 19.3. The highest BCUT2D eigenvalue weighted by Gasteiger charge is 2.37. The second kappa shape index (κ2) is 3.65. The van der Waals surface area contributed by atoms with Gasteiger partial charge in [0.1, 0.15) is 0 Å². The Morgan fingerprint density at radius 3 is 2.07 bits per heavy atom. The molecular weight excluding hydrogens is 186 g/mol. The first kappa shape index (κ1) is 11.1. The zero-order valence-corrected chi connectivity index (χ0v) is 8.30. The van der Waals surface area contributed by atoms with Crippen molar-refractivity contribution in [2.75, 3.05) is 0 Å². The van der Waals surface area contributed by atoms with Crippen LogP contribution in [0.4, 0.5) is 8.78 Å². The van der Waals surface area contributed by atoms with Crippen molar-refractivity contribution in [2.24, 2.45) is 0 Å². The quantitative estimate of drug-likeness (QED) is 0.795. The van der Waals surface area contributed by atoms with Crippen LogP contribution in [0.5, 0.6) is 0 Å². The standard InChI is InChI=1S/C11H14F2O/c1-10(2,14)8-11(12,13)9-6-4-3-5-7-9/h3-7,14H,8H2,1-2H3. The van der Waals surface area contributed by atoms with E-state index in [0.29, 0.717) is 0 Å². The van der Waals surface area contributed by atoms with Gasteiger partial charge in [-0.15, -0.1) is 0 Å². The predicted octanol–water partition coefficient (Wildman–Crippen LogP) is 2.94. The Labute approximate surface area is 82.4 Å². The molecule has 0 amide bonds. The maximum atomic E-state index is 13.5. The molecule has 1 aromatic rings. The van der Waals surface area contributed by atoms with E-state index in [0.717, 1.165) is 0 Å². The molecule has 1 N–H and O–H groups in total. The van der Waals surface area contributed by atoms with Crippen molar-refractivity contribution in [3.8, 4) is 0 Å². The lowest BCUT2D eigenvalue weighted by molar-refractivity contribution is -0.0793. The lowest BCUT2D eigenvalue weighted by atomic mass is 9.95. The van der Waals surface area contributed by atoms with E-state index < -0.39 is 17.9 Å².